The van der Waals surface area contributed by atoms with Gasteiger partial charge in [-0.25, -0.2) is 4.98 Å². The number of rotatable bonds is 2. The molecule has 1 heterocycles. The number of nitrogens with one attached hydrogen (secondary N) is 1. The smallest absolute Gasteiger partial charge is 0.106 e. The highest BCUT2D eigenvalue weighted by Crippen LogP contribution is 2.38. The van der Waals surface area contributed by atoms with E-state index >= 15 is 0 Å². The van der Waals surface area contributed by atoms with Gasteiger partial charge in [0.1, 0.15) is 4.60 Å². The Kier molecular flexibility index (Phi) is 3.06. The molecule has 1 aliphatic rings. The zero-order chi connectivity index (χ0) is 12.5. The predicted molar refractivity (Wildman–Crippen MR) is 76.3 cm³/mol. The predicted octanol–water partition coefficient (Wildman–Crippen LogP) is 3.40. The van der Waals surface area contributed by atoms with Crippen molar-refractivity contribution in [2.24, 2.45) is 5.73 Å². The summed E-state index contributed by atoms with van der Waals surface area (Å²) < 4.78 is 0.844. The van der Waals surface area contributed by atoms with Crippen molar-refractivity contribution in [2.75, 3.05) is 5.32 Å². The maximum atomic E-state index is 6.15. The van der Waals surface area contributed by atoms with Crippen LogP contribution < -0.4 is 11.1 Å². The van der Waals surface area contributed by atoms with Crippen molar-refractivity contribution in [2.45, 2.75) is 18.5 Å². The van der Waals surface area contributed by atoms with Crippen molar-refractivity contribution >= 4 is 21.6 Å². The van der Waals surface area contributed by atoms with E-state index in [-0.39, 0.29) is 12.1 Å². The quantitative estimate of drug-likeness (QED) is 0.836. The third kappa shape index (κ3) is 2.13. The topological polar surface area (TPSA) is 50.9 Å². The number of hydrogen-bond donors (Lipinski definition) is 2. The monoisotopic (exact) mass is 303 g/mol. The molecule has 1 aromatic carbocycles. The van der Waals surface area contributed by atoms with Crippen molar-refractivity contribution in [3.8, 4) is 0 Å². The van der Waals surface area contributed by atoms with Gasteiger partial charge in [0, 0.05) is 6.04 Å². The number of aromatic nitrogens is 1. The van der Waals surface area contributed by atoms with E-state index in [1.54, 1.807) is 0 Å². The normalized spacial score (nSPS) is 21.7. The summed E-state index contributed by atoms with van der Waals surface area (Å²) in [7, 11) is 0. The van der Waals surface area contributed by atoms with Crippen LogP contribution in [0.5, 0.6) is 0 Å². The lowest BCUT2D eigenvalue weighted by molar-refractivity contribution is 0.648. The fourth-order valence-corrected chi connectivity index (χ4v) is 2.71. The van der Waals surface area contributed by atoms with Gasteiger partial charge in [-0.2, -0.15) is 0 Å². The Morgan fingerprint density at radius 1 is 1.17 bits per heavy atom. The van der Waals surface area contributed by atoms with Crippen molar-refractivity contribution in [3.05, 3.63) is 58.3 Å². The molecule has 0 bridgehead atoms. The van der Waals surface area contributed by atoms with Gasteiger partial charge in [-0.15, -0.1) is 0 Å². The third-order valence-electron chi connectivity index (χ3n) is 3.33. The molecule has 3 N–H and O–H groups in total. The number of anilines is 1. The second kappa shape index (κ2) is 4.71. The van der Waals surface area contributed by atoms with Gasteiger partial charge >= 0.3 is 0 Å². The van der Waals surface area contributed by atoms with Crippen LogP contribution >= 0.6 is 15.9 Å². The van der Waals surface area contributed by atoms with Crippen LogP contribution in [0.15, 0.2) is 47.2 Å². The van der Waals surface area contributed by atoms with Gasteiger partial charge in [0.2, 0.25) is 0 Å². The molecule has 1 aliphatic carbocycles. The number of nitrogens with two attached hydrogens (primary N) is 1. The fraction of sp³-hybridized carbons (Fsp3) is 0.214. The number of hydrogen-bond acceptors (Lipinski definition) is 3. The number of pyridine rings is 1. The zero-order valence-electron chi connectivity index (χ0n) is 9.81. The van der Waals surface area contributed by atoms with E-state index in [1.807, 2.05) is 24.4 Å². The Hall–Kier alpha value is -1.39. The minimum Gasteiger partial charge on any atom is -0.377 e. The lowest BCUT2D eigenvalue weighted by atomic mass is 10.1. The molecule has 2 unspecified atom stereocenters. The molecule has 0 fully saturated rings. The maximum absolute atomic E-state index is 6.15. The van der Waals surface area contributed by atoms with Crippen molar-refractivity contribution < 1.29 is 0 Å². The lowest BCUT2D eigenvalue weighted by Gasteiger charge is -2.15. The van der Waals surface area contributed by atoms with Crippen molar-refractivity contribution in [1.82, 2.24) is 4.98 Å². The van der Waals surface area contributed by atoms with Crippen LogP contribution in [0.2, 0.25) is 0 Å². The molecule has 0 radical (unpaired) electrons. The highest BCUT2D eigenvalue weighted by Gasteiger charge is 2.27. The standard InChI is InChI=1S/C14H14BrN3/c15-14-6-5-9(8-17-14)18-13-7-12(16)10-3-1-2-4-11(10)13/h1-6,8,12-13,18H,7,16H2. The zero-order valence-corrected chi connectivity index (χ0v) is 11.4. The van der Waals surface area contributed by atoms with E-state index in [9.17, 15) is 0 Å². The maximum Gasteiger partial charge on any atom is 0.106 e. The molecule has 92 valence electrons. The first kappa shape index (κ1) is 11.7. The molecule has 0 spiro atoms. The molecule has 3 rings (SSSR count). The van der Waals surface area contributed by atoms with Crippen LogP contribution in [-0.2, 0) is 0 Å². The minimum absolute atomic E-state index is 0.127. The first-order valence-corrected chi connectivity index (χ1v) is 6.76. The fourth-order valence-electron chi connectivity index (χ4n) is 2.47. The number of fused-ring (bicyclic) bond motifs is 1. The Morgan fingerprint density at radius 2 is 1.94 bits per heavy atom. The van der Waals surface area contributed by atoms with Gasteiger partial charge < -0.3 is 11.1 Å². The summed E-state index contributed by atoms with van der Waals surface area (Å²) in [5.74, 6) is 0. The summed E-state index contributed by atoms with van der Waals surface area (Å²) in [5, 5.41) is 3.49. The molecular formula is C14H14BrN3. The lowest BCUT2D eigenvalue weighted by Crippen LogP contribution is -2.10. The van der Waals surface area contributed by atoms with Gasteiger partial charge in [-0.05, 0) is 45.6 Å². The van der Waals surface area contributed by atoms with Gasteiger partial charge in [0.25, 0.3) is 0 Å². The van der Waals surface area contributed by atoms with Gasteiger partial charge in [0.15, 0.2) is 0 Å². The molecule has 0 amide bonds. The highest BCUT2D eigenvalue weighted by molar-refractivity contribution is 9.10. The van der Waals surface area contributed by atoms with Gasteiger partial charge in [-0.3, -0.25) is 0 Å². The molecule has 18 heavy (non-hydrogen) atoms. The molecule has 3 nitrogen and oxygen atoms in total. The SMILES string of the molecule is NC1CC(Nc2ccc(Br)nc2)c2ccccc21. The molecule has 0 saturated carbocycles. The Morgan fingerprint density at radius 3 is 2.67 bits per heavy atom. The molecule has 2 aromatic rings. The van der Waals surface area contributed by atoms with Gasteiger partial charge in [-0.1, -0.05) is 24.3 Å². The van der Waals surface area contributed by atoms with Crippen molar-refractivity contribution in [3.63, 3.8) is 0 Å². The van der Waals surface area contributed by atoms with Crippen LogP contribution in [0.1, 0.15) is 29.6 Å². The average molecular weight is 304 g/mol. The van der Waals surface area contributed by atoms with Crippen molar-refractivity contribution in [1.29, 1.82) is 0 Å². The van der Waals surface area contributed by atoms with E-state index in [2.05, 4.69) is 44.4 Å². The van der Waals surface area contributed by atoms with Crippen LogP contribution in [0.3, 0.4) is 0 Å². The summed E-state index contributed by atoms with van der Waals surface area (Å²) in [6.07, 6.45) is 2.76. The van der Waals surface area contributed by atoms with E-state index in [1.165, 1.54) is 11.1 Å². The summed E-state index contributed by atoms with van der Waals surface area (Å²) >= 11 is 3.33. The minimum atomic E-state index is 0.127. The molecule has 0 saturated heterocycles. The number of halogens is 1. The van der Waals surface area contributed by atoms with Crippen LogP contribution in [0, 0.1) is 0 Å². The molecule has 2 atom stereocenters. The van der Waals surface area contributed by atoms with Crippen LogP contribution in [0.4, 0.5) is 5.69 Å². The highest BCUT2D eigenvalue weighted by atomic mass is 79.9. The van der Waals surface area contributed by atoms with Crippen LogP contribution in [0.25, 0.3) is 0 Å². The molecule has 1 aromatic heterocycles. The Labute approximate surface area is 115 Å². The summed E-state index contributed by atoms with van der Waals surface area (Å²) in [6, 6.07) is 12.7. The van der Waals surface area contributed by atoms with Crippen LogP contribution in [-0.4, -0.2) is 4.98 Å². The molecular weight excluding hydrogens is 290 g/mol. The molecule has 0 aliphatic heterocycles. The third-order valence-corrected chi connectivity index (χ3v) is 3.80. The largest absolute Gasteiger partial charge is 0.377 e. The number of nitrogens with zero attached hydrogens (tertiary/aromatic N) is 1. The first-order valence-electron chi connectivity index (χ1n) is 5.96. The average Bonchev–Trinajstić information content (AvgIpc) is 2.70. The molecule has 4 heteroatoms. The van der Waals surface area contributed by atoms with E-state index in [4.69, 9.17) is 5.73 Å². The van der Waals surface area contributed by atoms with E-state index in [0.29, 0.717) is 0 Å². The second-order valence-electron chi connectivity index (χ2n) is 4.54. The Bertz CT molecular complexity index is 553. The summed E-state index contributed by atoms with van der Waals surface area (Å²) in [6.45, 7) is 0. The summed E-state index contributed by atoms with van der Waals surface area (Å²) in [5.41, 5.74) is 9.72. The van der Waals surface area contributed by atoms with E-state index < -0.39 is 0 Å². The summed E-state index contributed by atoms with van der Waals surface area (Å²) in [4.78, 5) is 4.22. The second-order valence-corrected chi connectivity index (χ2v) is 5.35. The van der Waals surface area contributed by atoms with Gasteiger partial charge in [0.05, 0.1) is 17.9 Å². The first-order chi connectivity index (χ1) is 8.74. The Balaban J connectivity index is 1.85. The van der Waals surface area contributed by atoms with E-state index in [0.717, 1.165) is 16.7 Å². The number of benzene rings is 1.